The lowest BCUT2D eigenvalue weighted by atomic mass is 10.0. The molecule has 1 aromatic heterocycles. The summed E-state index contributed by atoms with van der Waals surface area (Å²) in [5.74, 6) is 0.500. The highest BCUT2D eigenvalue weighted by atomic mass is 16.6. The first-order valence-electron chi connectivity index (χ1n) is 8.57. The Hall–Kier alpha value is -2.77. The van der Waals surface area contributed by atoms with E-state index in [9.17, 15) is 14.9 Å². The zero-order chi connectivity index (χ0) is 17.6. The lowest BCUT2D eigenvalue weighted by Gasteiger charge is -2.10. The maximum Gasteiger partial charge on any atom is 0.295 e. The van der Waals surface area contributed by atoms with Gasteiger partial charge in [0.15, 0.2) is 0 Å². The van der Waals surface area contributed by atoms with Gasteiger partial charge >= 0.3 is 0 Å². The van der Waals surface area contributed by atoms with Crippen molar-refractivity contribution in [3.05, 3.63) is 46.5 Å². The van der Waals surface area contributed by atoms with Crippen molar-refractivity contribution in [3.8, 4) is 5.69 Å². The molecule has 3 rings (SSSR count). The minimum Gasteiger partial charge on any atom is -0.352 e. The fourth-order valence-corrected chi connectivity index (χ4v) is 3.33. The monoisotopic (exact) mass is 343 g/mol. The van der Waals surface area contributed by atoms with Crippen molar-refractivity contribution in [1.29, 1.82) is 0 Å². The van der Waals surface area contributed by atoms with Crippen LogP contribution in [0.25, 0.3) is 5.69 Å². The highest BCUT2D eigenvalue weighted by molar-refractivity contribution is 5.95. The van der Waals surface area contributed by atoms with Crippen LogP contribution in [0, 0.1) is 16.0 Å². The molecule has 0 radical (unpaired) electrons. The average molecular weight is 343 g/mol. The number of rotatable bonds is 7. The Morgan fingerprint density at radius 2 is 2.16 bits per heavy atom. The van der Waals surface area contributed by atoms with Gasteiger partial charge in [-0.1, -0.05) is 25.7 Å². The second-order valence-electron chi connectivity index (χ2n) is 6.35. The molecule has 132 valence electrons. The molecule has 1 heterocycles. The van der Waals surface area contributed by atoms with E-state index in [4.69, 9.17) is 0 Å². The molecule has 8 heteroatoms. The van der Waals surface area contributed by atoms with Crippen LogP contribution in [0.2, 0.25) is 0 Å². The number of hydrogen-bond acceptors (Lipinski definition) is 5. The number of amides is 1. The first-order chi connectivity index (χ1) is 12.1. The number of carbonyl (C=O) groups excluding carboxylic acids is 1. The first kappa shape index (κ1) is 17.1. The van der Waals surface area contributed by atoms with E-state index in [2.05, 4.69) is 15.4 Å². The molecule has 1 aliphatic carbocycles. The summed E-state index contributed by atoms with van der Waals surface area (Å²) in [6.45, 7) is 0.591. The van der Waals surface area contributed by atoms with Crippen LogP contribution >= 0.6 is 0 Å². The largest absolute Gasteiger partial charge is 0.352 e. The number of benzene rings is 1. The Morgan fingerprint density at radius 3 is 2.84 bits per heavy atom. The van der Waals surface area contributed by atoms with Gasteiger partial charge in [-0.3, -0.25) is 14.9 Å². The molecule has 0 atom stereocenters. The zero-order valence-electron chi connectivity index (χ0n) is 13.9. The minimum atomic E-state index is -0.520. The van der Waals surface area contributed by atoms with Crippen LogP contribution in [0.5, 0.6) is 0 Å². The van der Waals surface area contributed by atoms with Crippen molar-refractivity contribution in [1.82, 2.24) is 20.1 Å². The molecule has 25 heavy (non-hydrogen) atoms. The van der Waals surface area contributed by atoms with E-state index in [-0.39, 0.29) is 22.8 Å². The Bertz CT molecular complexity index is 739. The number of hydrogen-bond donors (Lipinski definition) is 1. The van der Waals surface area contributed by atoms with E-state index >= 15 is 0 Å². The smallest absolute Gasteiger partial charge is 0.295 e. The fourth-order valence-electron chi connectivity index (χ4n) is 3.33. The van der Waals surface area contributed by atoms with Crippen molar-refractivity contribution in [2.75, 3.05) is 6.54 Å². The second kappa shape index (κ2) is 7.87. The van der Waals surface area contributed by atoms with Crippen LogP contribution in [-0.2, 0) is 0 Å². The molecule has 2 aromatic rings. The summed E-state index contributed by atoms with van der Waals surface area (Å²) in [6.07, 6.45) is 9.98. The van der Waals surface area contributed by atoms with Gasteiger partial charge in [-0.25, -0.2) is 9.67 Å². The summed E-state index contributed by atoms with van der Waals surface area (Å²) in [5.41, 5.74) is 0.376. The predicted octanol–water partition coefficient (Wildman–Crippen LogP) is 2.88. The normalized spacial score (nSPS) is 14.6. The Kier molecular flexibility index (Phi) is 5.37. The summed E-state index contributed by atoms with van der Waals surface area (Å²) < 4.78 is 1.31. The van der Waals surface area contributed by atoms with E-state index < -0.39 is 4.92 Å². The van der Waals surface area contributed by atoms with E-state index in [1.165, 1.54) is 55.2 Å². The van der Waals surface area contributed by atoms with Crippen LogP contribution in [0.15, 0.2) is 30.9 Å². The van der Waals surface area contributed by atoms with Gasteiger partial charge in [-0.05, 0) is 30.9 Å². The van der Waals surface area contributed by atoms with Gasteiger partial charge in [0.1, 0.15) is 18.3 Å². The summed E-state index contributed by atoms with van der Waals surface area (Å²) in [5, 5.41) is 18.1. The number of nitrogens with one attached hydrogen (secondary N) is 1. The average Bonchev–Trinajstić information content (AvgIpc) is 3.31. The van der Waals surface area contributed by atoms with Crippen molar-refractivity contribution in [2.24, 2.45) is 5.92 Å². The Labute approximate surface area is 145 Å². The molecule has 1 amide bonds. The molecule has 1 N–H and O–H groups in total. The van der Waals surface area contributed by atoms with E-state index in [0.29, 0.717) is 6.54 Å². The molecule has 0 saturated heterocycles. The molecule has 8 nitrogen and oxygen atoms in total. The van der Waals surface area contributed by atoms with Crippen molar-refractivity contribution < 1.29 is 9.72 Å². The fraction of sp³-hybridized carbons (Fsp3) is 0.471. The first-order valence-corrected chi connectivity index (χ1v) is 8.57. The summed E-state index contributed by atoms with van der Waals surface area (Å²) in [7, 11) is 0. The van der Waals surface area contributed by atoms with E-state index in [1.807, 2.05) is 0 Å². The molecule has 1 aliphatic rings. The van der Waals surface area contributed by atoms with Crippen LogP contribution in [0.4, 0.5) is 5.69 Å². The van der Waals surface area contributed by atoms with Crippen LogP contribution < -0.4 is 5.32 Å². The van der Waals surface area contributed by atoms with Crippen molar-refractivity contribution >= 4 is 11.6 Å². The molecule has 0 unspecified atom stereocenters. The topological polar surface area (TPSA) is 103 Å². The van der Waals surface area contributed by atoms with Crippen LogP contribution in [0.3, 0.4) is 0 Å². The van der Waals surface area contributed by atoms with Gasteiger partial charge in [0.2, 0.25) is 0 Å². The van der Waals surface area contributed by atoms with Gasteiger partial charge in [-0.2, -0.15) is 5.10 Å². The molecule has 0 spiro atoms. The molecule has 1 saturated carbocycles. The predicted molar refractivity (Wildman–Crippen MR) is 91.5 cm³/mol. The standard InChI is InChI=1S/C17H21N5O3/c23-17(19-9-3-6-13-4-1-2-5-13)14-7-8-15(16(10-14)22(24)25)21-12-18-11-20-21/h7-8,10-13H,1-6,9H2,(H,19,23). The highest BCUT2D eigenvalue weighted by Gasteiger charge is 2.19. The minimum absolute atomic E-state index is 0.177. The van der Waals surface area contributed by atoms with E-state index in [1.54, 1.807) is 6.07 Å². The number of nitro benzene ring substituents is 1. The lowest BCUT2D eigenvalue weighted by molar-refractivity contribution is -0.384. The third-order valence-electron chi connectivity index (χ3n) is 4.65. The van der Waals surface area contributed by atoms with Crippen LogP contribution in [0.1, 0.15) is 48.9 Å². The van der Waals surface area contributed by atoms with Gasteiger partial charge < -0.3 is 5.32 Å². The Morgan fingerprint density at radius 1 is 1.36 bits per heavy atom. The third kappa shape index (κ3) is 4.20. The zero-order valence-corrected chi connectivity index (χ0v) is 13.9. The number of nitrogens with zero attached hydrogens (tertiary/aromatic N) is 4. The van der Waals surface area contributed by atoms with Crippen molar-refractivity contribution in [3.63, 3.8) is 0 Å². The maximum absolute atomic E-state index is 12.2. The van der Waals surface area contributed by atoms with Crippen LogP contribution in [-0.4, -0.2) is 32.1 Å². The highest BCUT2D eigenvalue weighted by Crippen LogP contribution is 2.28. The maximum atomic E-state index is 12.2. The molecule has 0 aliphatic heterocycles. The van der Waals surface area contributed by atoms with Gasteiger partial charge in [0, 0.05) is 18.2 Å². The third-order valence-corrected chi connectivity index (χ3v) is 4.65. The Balaban J connectivity index is 1.62. The number of aromatic nitrogens is 3. The molecular weight excluding hydrogens is 322 g/mol. The van der Waals surface area contributed by atoms with Gasteiger partial charge in [-0.15, -0.1) is 0 Å². The van der Waals surface area contributed by atoms with Gasteiger partial charge in [0.05, 0.1) is 4.92 Å². The number of carbonyl (C=O) groups is 1. The SMILES string of the molecule is O=C(NCCCC1CCCC1)c1ccc(-n2cncn2)c([N+](=O)[O-])c1. The van der Waals surface area contributed by atoms with Gasteiger partial charge in [0.25, 0.3) is 11.6 Å². The summed E-state index contributed by atoms with van der Waals surface area (Å²) in [6, 6.07) is 4.36. The molecule has 1 aromatic carbocycles. The molecule has 0 bridgehead atoms. The lowest BCUT2D eigenvalue weighted by Crippen LogP contribution is -2.25. The number of nitro groups is 1. The molecular formula is C17H21N5O3. The summed E-state index contributed by atoms with van der Waals surface area (Å²) in [4.78, 5) is 26.8. The summed E-state index contributed by atoms with van der Waals surface area (Å²) >= 11 is 0. The molecule has 1 fully saturated rings. The quantitative estimate of drug-likeness (QED) is 0.473. The van der Waals surface area contributed by atoms with E-state index in [0.717, 1.165) is 18.8 Å². The second-order valence-corrected chi connectivity index (χ2v) is 6.35. The van der Waals surface area contributed by atoms with Crippen molar-refractivity contribution in [2.45, 2.75) is 38.5 Å².